The number of aliphatic hydroxyl groups is 1. The fourth-order valence-electron chi connectivity index (χ4n) is 1.15. The van der Waals surface area contributed by atoms with Gasteiger partial charge in [-0.2, -0.15) is 5.26 Å². The first-order valence-corrected chi connectivity index (χ1v) is 4.14. The van der Waals surface area contributed by atoms with E-state index in [-0.39, 0.29) is 12.4 Å². The molecule has 1 rings (SSSR count). The summed E-state index contributed by atoms with van der Waals surface area (Å²) in [5.74, 6) is -0.0111. The molecule has 4 N–H and O–H groups in total. The van der Waals surface area contributed by atoms with Gasteiger partial charge in [0.2, 0.25) is 0 Å². The molecule has 1 aromatic carbocycles. The van der Waals surface area contributed by atoms with Crippen molar-refractivity contribution in [1.29, 1.82) is 5.26 Å². The number of hydrogen-bond donors (Lipinski definition) is 3. The molecule has 0 aliphatic heterocycles. The van der Waals surface area contributed by atoms with Crippen LogP contribution in [-0.4, -0.2) is 16.8 Å². The fraction of sp³-hybridized carbons (Fsp3) is 0.300. The molecule has 0 aliphatic carbocycles. The van der Waals surface area contributed by atoms with Crippen LogP contribution in [0, 0.1) is 11.3 Å². The minimum absolute atomic E-state index is 0.0111. The van der Waals surface area contributed by atoms with Crippen LogP contribution in [0.1, 0.15) is 18.1 Å². The second-order valence-corrected chi connectivity index (χ2v) is 3.42. The van der Waals surface area contributed by atoms with Crippen molar-refractivity contribution in [3.05, 3.63) is 29.3 Å². The number of phenolic OH excluding ortho intramolecular Hbond substituents is 1. The summed E-state index contributed by atoms with van der Waals surface area (Å²) in [6, 6.07) is 6.31. The Morgan fingerprint density at radius 3 is 2.71 bits per heavy atom. The SMILES string of the molecule is CC(N)(CO)c1cc(C#N)ccc1O. The quantitative estimate of drug-likeness (QED) is 0.633. The standard InChI is InChI=1S/C10H12N2O2/c1-10(12,6-13)8-4-7(5-11)2-3-9(8)14/h2-4,13-14H,6,12H2,1H3. The summed E-state index contributed by atoms with van der Waals surface area (Å²) in [6.45, 7) is 1.29. The zero-order valence-corrected chi connectivity index (χ0v) is 7.86. The molecule has 0 spiro atoms. The van der Waals surface area contributed by atoms with Crippen molar-refractivity contribution < 1.29 is 10.2 Å². The molecule has 0 fully saturated rings. The second-order valence-electron chi connectivity index (χ2n) is 3.42. The first-order chi connectivity index (χ1) is 6.51. The highest BCUT2D eigenvalue weighted by molar-refractivity contribution is 5.44. The topological polar surface area (TPSA) is 90.3 Å². The third kappa shape index (κ3) is 1.84. The summed E-state index contributed by atoms with van der Waals surface area (Å²) >= 11 is 0. The highest BCUT2D eigenvalue weighted by Crippen LogP contribution is 2.27. The third-order valence-electron chi connectivity index (χ3n) is 2.07. The van der Waals surface area contributed by atoms with Crippen molar-refractivity contribution in [3.63, 3.8) is 0 Å². The molecule has 1 aromatic rings. The van der Waals surface area contributed by atoms with Crippen molar-refractivity contribution >= 4 is 0 Å². The van der Waals surface area contributed by atoms with Gasteiger partial charge in [0.15, 0.2) is 0 Å². The molecule has 1 atom stereocenters. The van der Waals surface area contributed by atoms with Crippen LogP contribution in [0.5, 0.6) is 5.75 Å². The molecule has 0 amide bonds. The molecule has 4 heteroatoms. The zero-order chi connectivity index (χ0) is 10.8. The van der Waals surface area contributed by atoms with Crippen molar-refractivity contribution in [3.8, 4) is 11.8 Å². The Balaban J connectivity index is 3.27. The Kier molecular flexibility index (Phi) is 2.75. The van der Waals surface area contributed by atoms with E-state index >= 15 is 0 Å². The van der Waals surface area contributed by atoms with Gasteiger partial charge in [-0.15, -0.1) is 0 Å². The largest absolute Gasteiger partial charge is 0.508 e. The number of rotatable bonds is 2. The highest BCUT2D eigenvalue weighted by Gasteiger charge is 2.23. The van der Waals surface area contributed by atoms with E-state index < -0.39 is 5.54 Å². The van der Waals surface area contributed by atoms with Crippen LogP contribution in [0.25, 0.3) is 0 Å². The van der Waals surface area contributed by atoms with Crippen LogP contribution in [0.2, 0.25) is 0 Å². The maximum absolute atomic E-state index is 9.50. The normalized spacial score (nSPS) is 14.4. The lowest BCUT2D eigenvalue weighted by molar-refractivity contribution is 0.207. The number of nitrogens with zero attached hydrogens (tertiary/aromatic N) is 1. The summed E-state index contributed by atoms with van der Waals surface area (Å²) in [5, 5.41) is 27.2. The van der Waals surface area contributed by atoms with Gasteiger partial charge in [0.1, 0.15) is 5.75 Å². The Morgan fingerprint density at radius 2 is 2.21 bits per heavy atom. The number of nitriles is 1. The van der Waals surface area contributed by atoms with Gasteiger partial charge in [-0.1, -0.05) is 0 Å². The Bertz CT molecular complexity index is 380. The van der Waals surface area contributed by atoms with E-state index in [2.05, 4.69) is 0 Å². The van der Waals surface area contributed by atoms with Gasteiger partial charge in [0.25, 0.3) is 0 Å². The van der Waals surface area contributed by atoms with Gasteiger partial charge >= 0.3 is 0 Å². The number of nitrogens with two attached hydrogens (primary N) is 1. The molecule has 74 valence electrons. The van der Waals surface area contributed by atoms with E-state index in [1.807, 2.05) is 6.07 Å². The van der Waals surface area contributed by atoms with E-state index in [0.717, 1.165) is 0 Å². The van der Waals surface area contributed by atoms with E-state index in [9.17, 15) is 5.11 Å². The van der Waals surface area contributed by atoms with Crippen molar-refractivity contribution in [2.24, 2.45) is 5.73 Å². The zero-order valence-electron chi connectivity index (χ0n) is 7.86. The maximum Gasteiger partial charge on any atom is 0.120 e. The van der Waals surface area contributed by atoms with Crippen molar-refractivity contribution in [1.82, 2.24) is 0 Å². The third-order valence-corrected chi connectivity index (χ3v) is 2.07. The average Bonchev–Trinajstić information content (AvgIpc) is 2.18. The number of aromatic hydroxyl groups is 1. The molecule has 0 saturated heterocycles. The first-order valence-electron chi connectivity index (χ1n) is 4.14. The molecule has 0 aliphatic rings. The molecule has 1 unspecified atom stereocenters. The summed E-state index contributed by atoms with van der Waals surface area (Å²) in [4.78, 5) is 0. The summed E-state index contributed by atoms with van der Waals surface area (Å²) in [6.07, 6.45) is 0. The van der Waals surface area contributed by atoms with E-state index in [0.29, 0.717) is 11.1 Å². The summed E-state index contributed by atoms with van der Waals surface area (Å²) in [7, 11) is 0. The summed E-state index contributed by atoms with van der Waals surface area (Å²) < 4.78 is 0. The predicted octanol–water partition coefficient (Wildman–Crippen LogP) is 0.430. The predicted molar refractivity (Wildman–Crippen MR) is 51.4 cm³/mol. The van der Waals surface area contributed by atoms with E-state index in [4.69, 9.17) is 16.1 Å². The van der Waals surface area contributed by atoms with Crippen LogP contribution in [0.15, 0.2) is 18.2 Å². The van der Waals surface area contributed by atoms with Crippen molar-refractivity contribution in [2.75, 3.05) is 6.61 Å². The minimum Gasteiger partial charge on any atom is -0.508 e. The van der Waals surface area contributed by atoms with Gasteiger partial charge < -0.3 is 15.9 Å². The Morgan fingerprint density at radius 1 is 1.57 bits per heavy atom. The Hall–Kier alpha value is -1.57. The lowest BCUT2D eigenvalue weighted by Crippen LogP contribution is -2.37. The monoisotopic (exact) mass is 192 g/mol. The highest BCUT2D eigenvalue weighted by atomic mass is 16.3. The number of hydrogen-bond acceptors (Lipinski definition) is 4. The average molecular weight is 192 g/mol. The number of benzene rings is 1. The molecule has 0 heterocycles. The number of aliphatic hydroxyl groups excluding tert-OH is 1. The fourth-order valence-corrected chi connectivity index (χ4v) is 1.15. The second kappa shape index (κ2) is 3.66. The first kappa shape index (κ1) is 10.5. The maximum atomic E-state index is 9.50. The van der Waals surface area contributed by atoms with Gasteiger partial charge in [-0.3, -0.25) is 0 Å². The smallest absolute Gasteiger partial charge is 0.120 e. The molecule has 0 bridgehead atoms. The molecule has 4 nitrogen and oxygen atoms in total. The van der Waals surface area contributed by atoms with E-state index in [1.165, 1.54) is 18.2 Å². The minimum atomic E-state index is -1.03. The van der Waals surface area contributed by atoms with Crippen LogP contribution in [0.4, 0.5) is 0 Å². The molecule has 0 radical (unpaired) electrons. The van der Waals surface area contributed by atoms with Crippen LogP contribution in [-0.2, 0) is 5.54 Å². The summed E-state index contributed by atoms with van der Waals surface area (Å²) in [5.41, 5.74) is 5.49. The van der Waals surface area contributed by atoms with Gasteiger partial charge in [-0.25, -0.2) is 0 Å². The lowest BCUT2D eigenvalue weighted by Gasteiger charge is -2.23. The molecular formula is C10H12N2O2. The van der Waals surface area contributed by atoms with Crippen LogP contribution in [0.3, 0.4) is 0 Å². The molecule has 0 aromatic heterocycles. The van der Waals surface area contributed by atoms with Crippen molar-refractivity contribution in [2.45, 2.75) is 12.5 Å². The number of phenols is 1. The Labute approximate surface area is 82.2 Å². The molecule has 14 heavy (non-hydrogen) atoms. The van der Waals surface area contributed by atoms with E-state index in [1.54, 1.807) is 6.92 Å². The lowest BCUT2D eigenvalue weighted by atomic mass is 9.92. The van der Waals surface area contributed by atoms with Gasteiger partial charge in [-0.05, 0) is 25.1 Å². The molecular weight excluding hydrogens is 180 g/mol. The van der Waals surface area contributed by atoms with Gasteiger partial charge in [0.05, 0.1) is 23.8 Å². The van der Waals surface area contributed by atoms with Crippen LogP contribution >= 0.6 is 0 Å². The van der Waals surface area contributed by atoms with Gasteiger partial charge in [0, 0.05) is 5.56 Å². The van der Waals surface area contributed by atoms with Crippen LogP contribution < -0.4 is 5.73 Å². The molecule has 0 saturated carbocycles.